The first-order valence-electron chi connectivity index (χ1n) is 7.47. The summed E-state index contributed by atoms with van der Waals surface area (Å²) >= 11 is 0. The highest BCUT2D eigenvalue weighted by Gasteiger charge is 2.12. The minimum absolute atomic E-state index is 0.198. The van der Waals surface area contributed by atoms with Crippen LogP contribution in [0.5, 0.6) is 0 Å². The molecule has 1 amide bonds. The maximum atomic E-state index is 12.1. The van der Waals surface area contributed by atoms with Crippen LogP contribution in [0.4, 0.5) is 0 Å². The normalized spacial score (nSPS) is 11.3. The molecule has 0 radical (unpaired) electrons. The number of H-pyrrole nitrogens is 1. The van der Waals surface area contributed by atoms with E-state index in [0.717, 1.165) is 12.0 Å². The van der Waals surface area contributed by atoms with E-state index in [1.807, 2.05) is 12.1 Å². The number of aliphatic hydroxyl groups is 1. The van der Waals surface area contributed by atoms with Gasteiger partial charge in [0, 0.05) is 11.6 Å². The van der Waals surface area contributed by atoms with Gasteiger partial charge < -0.3 is 15.4 Å². The van der Waals surface area contributed by atoms with Crippen molar-refractivity contribution in [2.24, 2.45) is 0 Å². The molecule has 0 unspecified atom stereocenters. The first-order chi connectivity index (χ1) is 10.8. The van der Waals surface area contributed by atoms with Crippen LogP contribution in [0.2, 0.25) is 0 Å². The Bertz CT molecular complexity index is 715. The van der Waals surface area contributed by atoms with Crippen LogP contribution in [0.25, 0.3) is 0 Å². The van der Waals surface area contributed by atoms with Gasteiger partial charge in [-0.05, 0) is 44.4 Å². The van der Waals surface area contributed by atoms with E-state index >= 15 is 0 Å². The van der Waals surface area contributed by atoms with Gasteiger partial charge in [0.15, 0.2) is 0 Å². The predicted octanol–water partition coefficient (Wildman–Crippen LogP) is 1.40. The van der Waals surface area contributed by atoms with Crippen molar-refractivity contribution in [2.75, 3.05) is 0 Å². The lowest BCUT2D eigenvalue weighted by molar-refractivity contribution is 0.0713. The molecule has 0 spiro atoms. The Balaban J connectivity index is 1.91. The number of hydrogen-bond acceptors (Lipinski definition) is 4. The molecule has 0 bridgehead atoms. The Morgan fingerprint density at radius 3 is 2.61 bits per heavy atom. The van der Waals surface area contributed by atoms with E-state index in [1.54, 1.807) is 26.0 Å². The molecular formula is C17H21N3O3. The van der Waals surface area contributed by atoms with E-state index in [2.05, 4.69) is 15.3 Å². The van der Waals surface area contributed by atoms with Gasteiger partial charge in [0.1, 0.15) is 0 Å². The zero-order chi connectivity index (χ0) is 16.9. The maximum Gasteiger partial charge on any atom is 0.251 e. The first-order valence-corrected chi connectivity index (χ1v) is 7.47. The van der Waals surface area contributed by atoms with Gasteiger partial charge in [0.05, 0.1) is 24.2 Å². The standard InChI is InChI=1S/C17H21N3O3/c1-17(2,23)8-7-12-3-5-13(6-4-12)16(22)18-10-14-9-15(21)20-11-19-14/h3-6,9,11,23H,7-8,10H2,1-2H3,(H,18,22)(H,19,20,21). The number of carbonyl (C=O) groups excluding carboxylic acids is 1. The van der Waals surface area contributed by atoms with Gasteiger partial charge in [-0.15, -0.1) is 0 Å². The van der Waals surface area contributed by atoms with Gasteiger partial charge in [-0.1, -0.05) is 12.1 Å². The molecule has 0 atom stereocenters. The Morgan fingerprint density at radius 2 is 2.00 bits per heavy atom. The van der Waals surface area contributed by atoms with Crippen LogP contribution in [-0.2, 0) is 13.0 Å². The topological polar surface area (TPSA) is 95.1 Å². The lowest BCUT2D eigenvalue weighted by atomic mass is 9.98. The molecule has 0 aliphatic carbocycles. The number of benzene rings is 1. The fourth-order valence-electron chi connectivity index (χ4n) is 2.05. The number of hydrogen-bond donors (Lipinski definition) is 3. The van der Waals surface area contributed by atoms with Gasteiger partial charge in [0.25, 0.3) is 11.5 Å². The summed E-state index contributed by atoms with van der Waals surface area (Å²) in [5.41, 5.74) is 1.17. The van der Waals surface area contributed by atoms with Crippen molar-refractivity contribution in [2.45, 2.75) is 38.8 Å². The molecule has 6 heteroatoms. The van der Waals surface area contributed by atoms with Gasteiger partial charge in [-0.25, -0.2) is 4.98 Å². The summed E-state index contributed by atoms with van der Waals surface area (Å²) < 4.78 is 0. The number of carbonyl (C=O) groups is 1. The second-order valence-corrected chi connectivity index (χ2v) is 6.09. The first kappa shape index (κ1) is 16.9. The molecule has 6 nitrogen and oxygen atoms in total. The van der Waals surface area contributed by atoms with Crippen LogP contribution in [0, 0.1) is 0 Å². The summed E-state index contributed by atoms with van der Waals surface area (Å²) in [5, 5.41) is 12.4. The molecule has 0 aliphatic heterocycles. The highest BCUT2D eigenvalue weighted by atomic mass is 16.3. The van der Waals surface area contributed by atoms with E-state index < -0.39 is 5.60 Å². The Kier molecular flexibility index (Phi) is 5.28. The van der Waals surface area contributed by atoms with Crippen LogP contribution in [0.15, 0.2) is 41.5 Å². The van der Waals surface area contributed by atoms with Crippen LogP contribution in [0.1, 0.15) is 41.9 Å². The number of aryl methyl sites for hydroxylation is 1. The van der Waals surface area contributed by atoms with Crippen LogP contribution < -0.4 is 10.9 Å². The average Bonchev–Trinajstić information content (AvgIpc) is 2.50. The summed E-state index contributed by atoms with van der Waals surface area (Å²) in [6, 6.07) is 8.61. The third-order valence-electron chi connectivity index (χ3n) is 3.41. The summed E-state index contributed by atoms with van der Waals surface area (Å²) in [6.45, 7) is 3.75. The van der Waals surface area contributed by atoms with Crippen molar-refractivity contribution in [1.82, 2.24) is 15.3 Å². The highest BCUT2D eigenvalue weighted by molar-refractivity contribution is 5.94. The van der Waals surface area contributed by atoms with Crippen molar-refractivity contribution >= 4 is 5.91 Å². The van der Waals surface area contributed by atoms with Crippen molar-refractivity contribution in [3.8, 4) is 0 Å². The Labute approximate surface area is 134 Å². The highest BCUT2D eigenvalue weighted by Crippen LogP contribution is 2.13. The van der Waals surface area contributed by atoms with Crippen molar-refractivity contribution in [3.63, 3.8) is 0 Å². The molecule has 0 fully saturated rings. The largest absolute Gasteiger partial charge is 0.390 e. The van der Waals surface area contributed by atoms with Crippen molar-refractivity contribution in [3.05, 3.63) is 63.8 Å². The second kappa shape index (κ2) is 7.19. The lowest BCUT2D eigenvalue weighted by Gasteiger charge is -2.16. The molecule has 0 saturated carbocycles. The van der Waals surface area contributed by atoms with Crippen LogP contribution >= 0.6 is 0 Å². The molecule has 1 aromatic carbocycles. The van der Waals surface area contributed by atoms with Gasteiger partial charge in [0.2, 0.25) is 0 Å². The smallest absolute Gasteiger partial charge is 0.251 e. The van der Waals surface area contributed by atoms with E-state index in [-0.39, 0.29) is 18.0 Å². The van der Waals surface area contributed by atoms with Crippen LogP contribution in [0.3, 0.4) is 0 Å². The molecule has 1 aromatic heterocycles. The number of aromatic amines is 1. The minimum Gasteiger partial charge on any atom is -0.390 e. The number of nitrogens with zero attached hydrogens (tertiary/aromatic N) is 1. The summed E-state index contributed by atoms with van der Waals surface area (Å²) in [5.74, 6) is -0.221. The molecule has 0 aliphatic rings. The average molecular weight is 315 g/mol. The fraction of sp³-hybridized carbons (Fsp3) is 0.353. The van der Waals surface area contributed by atoms with Gasteiger partial charge >= 0.3 is 0 Å². The molecule has 2 rings (SSSR count). The summed E-state index contributed by atoms with van der Waals surface area (Å²) in [6.07, 6.45) is 2.72. The number of rotatable bonds is 6. The monoisotopic (exact) mass is 315 g/mol. The maximum absolute atomic E-state index is 12.1. The number of amides is 1. The van der Waals surface area contributed by atoms with E-state index in [4.69, 9.17) is 0 Å². The molecule has 0 saturated heterocycles. The summed E-state index contributed by atoms with van der Waals surface area (Å²) in [7, 11) is 0. The molecular weight excluding hydrogens is 294 g/mol. The molecule has 122 valence electrons. The quantitative estimate of drug-likeness (QED) is 0.751. The minimum atomic E-state index is -0.698. The molecule has 23 heavy (non-hydrogen) atoms. The molecule has 2 aromatic rings. The zero-order valence-electron chi connectivity index (χ0n) is 13.3. The number of nitrogens with one attached hydrogen (secondary N) is 2. The SMILES string of the molecule is CC(C)(O)CCc1ccc(C(=O)NCc2cc(=O)[nH]cn2)cc1. The van der Waals surface area contributed by atoms with Crippen LogP contribution in [-0.4, -0.2) is 26.6 Å². The Morgan fingerprint density at radius 1 is 1.30 bits per heavy atom. The second-order valence-electron chi connectivity index (χ2n) is 6.09. The fourth-order valence-corrected chi connectivity index (χ4v) is 2.05. The number of aromatic nitrogens is 2. The predicted molar refractivity (Wildman–Crippen MR) is 87.1 cm³/mol. The third-order valence-corrected chi connectivity index (χ3v) is 3.41. The Hall–Kier alpha value is -2.47. The third kappa shape index (κ3) is 5.67. The van der Waals surface area contributed by atoms with E-state index in [1.165, 1.54) is 12.4 Å². The summed E-state index contributed by atoms with van der Waals surface area (Å²) in [4.78, 5) is 29.6. The van der Waals surface area contributed by atoms with Gasteiger partial charge in [-0.2, -0.15) is 0 Å². The molecule has 3 N–H and O–H groups in total. The molecule has 1 heterocycles. The van der Waals surface area contributed by atoms with Gasteiger partial charge in [-0.3, -0.25) is 9.59 Å². The van der Waals surface area contributed by atoms with Crippen molar-refractivity contribution in [1.29, 1.82) is 0 Å². The van der Waals surface area contributed by atoms with E-state index in [9.17, 15) is 14.7 Å². The van der Waals surface area contributed by atoms with E-state index in [0.29, 0.717) is 17.7 Å². The van der Waals surface area contributed by atoms with Crippen molar-refractivity contribution < 1.29 is 9.90 Å². The lowest BCUT2D eigenvalue weighted by Crippen LogP contribution is -2.24. The zero-order valence-corrected chi connectivity index (χ0v) is 13.3.